The van der Waals surface area contributed by atoms with Crippen molar-refractivity contribution in [2.75, 3.05) is 5.32 Å². The lowest BCUT2D eigenvalue weighted by Gasteiger charge is -2.11. The van der Waals surface area contributed by atoms with E-state index in [-0.39, 0.29) is 5.56 Å². The van der Waals surface area contributed by atoms with Gasteiger partial charge in [0, 0.05) is 16.5 Å². The van der Waals surface area contributed by atoms with Crippen LogP contribution in [0.4, 0.5) is 11.4 Å². The van der Waals surface area contributed by atoms with Gasteiger partial charge in [-0.3, -0.25) is 0 Å². The zero-order valence-electron chi connectivity index (χ0n) is 20.8. The number of nitrogens with one attached hydrogen (secondary N) is 1. The molecule has 0 bridgehead atoms. The van der Waals surface area contributed by atoms with Gasteiger partial charge < -0.3 is 10.4 Å². The normalized spacial score (nSPS) is 10.9. The predicted molar refractivity (Wildman–Crippen MR) is 162 cm³/mol. The van der Waals surface area contributed by atoms with Crippen LogP contribution in [0.2, 0.25) is 5.02 Å². The molecular weight excluding hydrogens is 504 g/mol. The van der Waals surface area contributed by atoms with Crippen LogP contribution < -0.4 is 5.32 Å². The molecule has 188 valence electrons. The Labute approximate surface area is 230 Å². The molecule has 0 aliphatic carbocycles. The largest absolute Gasteiger partial charge is 0.478 e. The molecule has 1 aromatic heterocycles. The van der Waals surface area contributed by atoms with Gasteiger partial charge in [-0.2, -0.15) is 0 Å². The second kappa shape index (κ2) is 10.4. The first-order chi connectivity index (χ1) is 19.1. The molecule has 0 aliphatic rings. The molecular formula is C34H23ClN2O2. The molecule has 7 aromatic rings. The molecule has 4 nitrogen and oxygen atoms in total. The Hall–Kier alpha value is -4.93. The van der Waals surface area contributed by atoms with Crippen molar-refractivity contribution in [1.29, 1.82) is 0 Å². The number of para-hydroxylation sites is 2. The van der Waals surface area contributed by atoms with Gasteiger partial charge >= 0.3 is 5.97 Å². The Bertz CT molecular complexity index is 1980. The van der Waals surface area contributed by atoms with Crippen molar-refractivity contribution in [2.24, 2.45) is 0 Å². The highest BCUT2D eigenvalue weighted by molar-refractivity contribution is 6.40. The number of carboxylic acids is 1. The van der Waals surface area contributed by atoms with Crippen LogP contribution in [0.25, 0.3) is 43.4 Å². The van der Waals surface area contributed by atoms with E-state index in [0.717, 1.165) is 43.3 Å². The molecule has 0 fully saturated rings. The maximum Gasteiger partial charge on any atom is 0.337 e. The van der Waals surface area contributed by atoms with E-state index in [0.29, 0.717) is 5.69 Å². The SMILES string of the molecule is Clc1c2ccccc2nc2cc3ccccc3cc12.O=C(O)c1cc2ccccc2cc1Nc1ccccc1. The van der Waals surface area contributed by atoms with Crippen molar-refractivity contribution in [3.8, 4) is 0 Å². The van der Waals surface area contributed by atoms with Crippen LogP contribution in [0.3, 0.4) is 0 Å². The van der Waals surface area contributed by atoms with E-state index < -0.39 is 5.97 Å². The summed E-state index contributed by atoms with van der Waals surface area (Å²) in [4.78, 5) is 16.1. The Balaban J connectivity index is 0.000000142. The van der Waals surface area contributed by atoms with E-state index in [1.54, 1.807) is 6.07 Å². The van der Waals surface area contributed by atoms with Crippen LogP contribution in [-0.4, -0.2) is 16.1 Å². The third-order valence-corrected chi connectivity index (χ3v) is 7.06. The summed E-state index contributed by atoms with van der Waals surface area (Å²) in [6.07, 6.45) is 0. The summed E-state index contributed by atoms with van der Waals surface area (Å²) in [6, 6.07) is 41.3. The second-order valence-electron chi connectivity index (χ2n) is 9.20. The number of hydrogen-bond donors (Lipinski definition) is 2. The third-order valence-electron chi connectivity index (χ3n) is 6.65. The molecule has 0 saturated heterocycles. The Kier molecular flexibility index (Phi) is 6.54. The lowest BCUT2D eigenvalue weighted by Crippen LogP contribution is -2.02. The average Bonchev–Trinajstić information content (AvgIpc) is 2.97. The van der Waals surface area contributed by atoms with Crippen LogP contribution in [0.15, 0.2) is 127 Å². The third kappa shape index (κ3) is 4.98. The summed E-state index contributed by atoms with van der Waals surface area (Å²) in [6.45, 7) is 0. The number of anilines is 2. The fraction of sp³-hybridized carbons (Fsp3) is 0. The topological polar surface area (TPSA) is 62.2 Å². The molecule has 0 spiro atoms. The molecule has 0 atom stereocenters. The van der Waals surface area contributed by atoms with Gasteiger partial charge in [-0.1, -0.05) is 96.5 Å². The van der Waals surface area contributed by atoms with Crippen molar-refractivity contribution >= 4 is 72.3 Å². The van der Waals surface area contributed by atoms with Crippen molar-refractivity contribution in [2.45, 2.75) is 0 Å². The molecule has 0 radical (unpaired) electrons. The highest BCUT2D eigenvalue weighted by Crippen LogP contribution is 2.33. The maximum absolute atomic E-state index is 11.4. The lowest BCUT2D eigenvalue weighted by atomic mass is 10.0. The Morgan fingerprint density at radius 3 is 1.87 bits per heavy atom. The fourth-order valence-corrected chi connectivity index (χ4v) is 5.04. The molecule has 0 aliphatic heterocycles. The first kappa shape index (κ1) is 24.4. The van der Waals surface area contributed by atoms with Crippen molar-refractivity contribution in [1.82, 2.24) is 4.98 Å². The molecule has 39 heavy (non-hydrogen) atoms. The first-order valence-corrected chi connectivity index (χ1v) is 12.9. The number of hydrogen-bond acceptors (Lipinski definition) is 3. The van der Waals surface area contributed by atoms with Crippen molar-refractivity contribution in [3.05, 3.63) is 138 Å². The van der Waals surface area contributed by atoms with Crippen LogP contribution in [0.1, 0.15) is 10.4 Å². The van der Waals surface area contributed by atoms with E-state index in [9.17, 15) is 9.90 Å². The molecule has 5 heteroatoms. The van der Waals surface area contributed by atoms with Crippen LogP contribution >= 0.6 is 11.6 Å². The number of nitrogens with zero attached hydrogens (tertiary/aromatic N) is 1. The summed E-state index contributed by atoms with van der Waals surface area (Å²) in [7, 11) is 0. The summed E-state index contributed by atoms with van der Waals surface area (Å²) in [5.74, 6) is -0.936. The van der Waals surface area contributed by atoms with E-state index in [4.69, 9.17) is 16.6 Å². The summed E-state index contributed by atoms with van der Waals surface area (Å²) >= 11 is 6.53. The van der Waals surface area contributed by atoms with Gasteiger partial charge in [0.1, 0.15) is 0 Å². The zero-order chi connectivity index (χ0) is 26.8. The number of pyridine rings is 1. The predicted octanol–water partition coefficient (Wildman–Crippen LogP) is 9.48. The minimum atomic E-state index is -0.936. The van der Waals surface area contributed by atoms with Crippen LogP contribution in [0.5, 0.6) is 0 Å². The lowest BCUT2D eigenvalue weighted by molar-refractivity contribution is 0.0698. The van der Waals surface area contributed by atoms with Gasteiger partial charge in [-0.05, 0) is 64.0 Å². The molecule has 2 N–H and O–H groups in total. The van der Waals surface area contributed by atoms with Gasteiger partial charge in [-0.25, -0.2) is 9.78 Å². The van der Waals surface area contributed by atoms with Crippen molar-refractivity contribution < 1.29 is 9.90 Å². The quantitative estimate of drug-likeness (QED) is 0.225. The number of fused-ring (bicyclic) bond motifs is 4. The smallest absolute Gasteiger partial charge is 0.337 e. The van der Waals surface area contributed by atoms with Gasteiger partial charge in [-0.15, -0.1) is 0 Å². The summed E-state index contributed by atoms with van der Waals surface area (Å²) in [5, 5.41) is 19.6. The number of halogens is 1. The molecule has 0 saturated carbocycles. The van der Waals surface area contributed by atoms with Crippen LogP contribution in [0, 0.1) is 0 Å². The number of benzene rings is 6. The molecule has 0 amide bonds. The highest BCUT2D eigenvalue weighted by Gasteiger charge is 2.12. The van der Waals surface area contributed by atoms with E-state index in [1.165, 1.54) is 10.8 Å². The number of aromatic carboxylic acids is 1. The molecule has 7 rings (SSSR count). The van der Waals surface area contributed by atoms with Crippen molar-refractivity contribution in [3.63, 3.8) is 0 Å². The molecule has 6 aromatic carbocycles. The number of aromatic nitrogens is 1. The maximum atomic E-state index is 11.4. The zero-order valence-corrected chi connectivity index (χ0v) is 21.6. The summed E-state index contributed by atoms with van der Waals surface area (Å²) in [5.41, 5.74) is 3.62. The fourth-order valence-electron chi connectivity index (χ4n) is 4.73. The van der Waals surface area contributed by atoms with Gasteiger partial charge in [0.05, 0.1) is 27.3 Å². The van der Waals surface area contributed by atoms with E-state index in [1.807, 2.05) is 97.1 Å². The number of carboxylic acid groups (broad SMARTS) is 1. The standard InChI is InChI=1S/C17H10ClN.C17H13NO2/c18-17-13-7-3-4-8-15(13)19-16-10-12-6-2-1-5-11(12)9-14(16)17;19-17(20)15-10-12-6-4-5-7-13(12)11-16(15)18-14-8-2-1-3-9-14/h1-10H;1-11,18H,(H,19,20). The van der Waals surface area contributed by atoms with E-state index in [2.05, 4.69) is 29.6 Å². The molecule has 1 heterocycles. The highest BCUT2D eigenvalue weighted by atomic mass is 35.5. The Morgan fingerprint density at radius 1 is 0.615 bits per heavy atom. The Morgan fingerprint density at radius 2 is 1.18 bits per heavy atom. The molecule has 0 unspecified atom stereocenters. The average molecular weight is 527 g/mol. The second-order valence-corrected chi connectivity index (χ2v) is 9.58. The monoisotopic (exact) mass is 526 g/mol. The van der Waals surface area contributed by atoms with Gasteiger partial charge in [0.25, 0.3) is 0 Å². The summed E-state index contributed by atoms with van der Waals surface area (Å²) < 4.78 is 0. The van der Waals surface area contributed by atoms with Gasteiger partial charge in [0.15, 0.2) is 0 Å². The minimum Gasteiger partial charge on any atom is -0.478 e. The first-order valence-electron chi connectivity index (χ1n) is 12.5. The van der Waals surface area contributed by atoms with E-state index >= 15 is 0 Å². The number of rotatable bonds is 3. The number of carbonyl (C=O) groups is 1. The van der Waals surface area contributed by atoms with Gasteiger partial charge in [0.2, 0.25) is 0 Å². The van der Waals surface area contributed by atoms with Crippen LogP contribution in [-0.2, 0) is 0 Å². The minimum absolute atomic E-state index is 0.271.